The van der Waals surface area contributed by atoms with Crippen molar-refractivity contribution in [3.63, 3.8) is 0 Å². The van der Waals surface area contributed by atoms with E-state index in [0.717, 1.165) is 38.5 Å². The number of nitrogens with zero attached hydrogens (tertiary/aromatic N) is 1. The van der Waals surface area contributed by atoms with Gasteiger partial charge in [0.15, 0.2) is 0 Å². The average molecular weight is 429 g/mol. The molecular formula is C16H20ClF3N2O4S. The molecule has 11 heteroatoms. The van der Waals surface area contributed by atoms with Crippen molar-refractivity contribution in [3.05, 3.63) is 29.3 Å². The third-order valence-corrected chi connectivity index (χ3v) is 6.59. The second kappa shape index (κ2) is 7.94. The fourth-order valence-corrected chi connectivity index (χ4v) is 5.07. The van der Waals surface area contributed by atoms with Gasteiger partial charge in [-0.25, -0.2) is 13.2 Å². The highest BCUT2D eigenvalue weighted by Crippen LogP contribution is 2.35. The number of halogens is 4. The van der Waals surface area contributed by atoms with Gasteiger partial charge in [-0.05, 0) is 31.0 Å². The molecule has 2 fully saturated rings. The lowest BCUT2D eigenvalue weighted by Gasteiger charge is -2.41. The van der Waals surface area contributed by atoms with E-state index in [0.29, 0.717) is 6.07 Å². The number of carbonyl (C=O) groups excluding carboxylic acids is 1. The average Bonchev–Trinajstić information content (AvgIpc) is 2.59. The molecule has 0 radical (unpaired) electrons. The summed E-state index contributed by atoms with van der Waals surface area (Å²) >= 11 is 0. The molecule has 152 valence electrons. The second-order valence-electron chi connectivity index (χ2n) is 6.51. The Bertz CT molecular complexity index is 804. The molecule has 3 rings (SSSR count). The molecule has 2 aliphatic rings. The van der Waals surface area contributed by atoms with Crippen LogP contribution < -0.4 is 5.32 Å². The van der Waals surface area contributed by atoms with Crippen molar-refractivity contribution in [1.29, 1.82) is 0 Å². The van der Waals surface area contributed by atoms with Crippen molar-refractivity contribution in [2.75, 3.05) is 20.2 Å². The number of benzene rings is 1. The topological polar surface area (TPSA) is 75.7 Å². The SMILES string of the molecule is COC(=O)c1ccc(S(=O)(=O)N2CC3CCCC(C2)N3)cc1C(F)(F)F.Cl. The molecule has 27 heavy (non-hydrogen) atoms. The van der Waals surface area contributed by atoms with Crippen LogP contribution in [0.3, 0.4) is 0 Å². The van der Waals surface area contributed by atoms with Crippen LogP contribution in [0.1, 0.15) is 35.2 Å². The van der Waals surface area contributed by atoms with Gasteiger partial charge in [-0.2, -0.15) is 17.5 Å². The largest absolute Gasteiger partial charge is 0.465 e. The van der Waals surface area contributed by atoms with Gasteiger partial charge >= 0.3 is 12.1 Å². The quantitative estimate of drug-likeness (QED) is 0.748. The first-order valence-corrected chi connectivity index (χ1v) is 9.62. The van der Waals surface area contributed by atoms with Crippen LogP contribution in [0.15, 0.2) is 23.1 Å². The zero-order valence-corrected chi connectivity index (χ0v) is 16.1. The summed E-state index contributed by atoms with van der Waals surface area (Å²) in [5.74, 6) is -1.17. The number of hydrogen-bond acceptors (Lipinski definition) is 5. The predicted octanol–water partition coefficient (Wildman–Crippen LogP) is 2.43. The monoisotopic (exact) mass is 428 g/mol. The molecule has 2 unspecified atom stereocenters. The van der Waals surface area contributed by atoms with Gasteiger partial charge < -0.3 is 10.1 Å². The number of methoxy groups -OCH3 is 1. The predicted molar refractivity (Wildman–Crippen MR) is 93.4 cm³/mol. The highest BCUT2D eigenvalue weighted by molar-refractivity contribution is 7.89. The number of carbonyl (C=O) groups is 1. The van der Waals surface area contributed by atoms with Crippen molar-refractivity contribution in [2.24, 2.45) is 0 Å². The smallest absolute Gasteiger partial charge is 0.417 e. The Labute approximate surface area is 161 Å². The molecule has 0 aromatic heterocycles. The molecule has 2 saturated heterocycles. The van der Waals surface area contributed by atoms with E-state index in [1.807, 2.05) is 0 Å². The number of piperazine rings is 1. The summed E-state index contributed by atoms with van der Waals surface area (Å²) in [7, 11) is -3.13. The van der Waals surface area contributed by atoms with E-state index in [-0.39, 0.29) is 37.6 Å². The number of ether oxygens (including phenoxy) is 1. The van der Waals surface area contributed by atoms with Crippen LogP contribution in [0.2, 0.25) is 0 Å². The summed E-state index contributed by atoms with van der Waals surface area (Å²) in [5.41, 5.74) is -2.03. The fourth-order valence-electron chi connectivity index (χ4n) is 3.52. The lowest BCUT2D eigenvalue weighted by molar-refractivity contribution is -0.138. The van der Waals surface area contributed by atoms with Crippen molar-refractivity contribution in [3.8, 4) is 0 Å². The van der Waals surface area contributed by atoms with Crippen molar-refractivity contribution in [2.45, 2.75) is 42.4 Å². The first-order chi connectivity index (χ1) is 12.1. The maximum Gasteiger partial charge on any atom is 0.417 e. The van der Waals surface area contributed by atoms with Crippen molar-refractivity contribution >= 4 is 28.4 Å². The molecule has 1 N–H and O–H groups in total. The molecule has 2 bridgehead atoms. The zero-order chi connectivity index (χ0) is 19.1. The molecule has 0 spiro atoms. The summed E-state index contributed by atoms with van der Waals surface area (Å²) in [6, 6.07) is 2.40. The lowest BCUT2D eigenvalue weighted by Crippen LogP contribution is -2.59. The van der Waals surface area contributed by atoms with Crippen LogP contribution in [-0.4, -0.2) is 51.0 Å². The molecule has 2 heterocycles. The molecule has 1 aromatic rings. The number of alkyl halides is 3. The van der Waals surface area contributed by atoms with E-state index in [9.17, 15) is 26.4 Å². The minimum atomic E-state index is -4.88. The van der Waals surface area contributed by atoms with Gasteiger partial charge in [-0.3, -0.25) is 0 Å². The summed E-state index contributed by atoms with van der Waals surface area (Å²) in [6.45, 7) is 0.442. The Hall–Kier alpha value is -1.36. The number of hydrogen-bond donors (Lipinski definition) is 1. The van der Waals surface area contributed by atoms with Crippen LogP contribution >= 0.6 is 12.4 Å². The van der Waals surface area contributed by atoms with Gasteiger partial charge in [0, 0.05) is 25.2 Å². The van der Waals surface area contributed by atoms with Gasteiger partial charge in [0.25, 0.3) is 0 Å². The highest BCUT2D eigenvalue weighted by atomic mass is 35.5. The van der Waals surface area contributed by atoms with Crippen LogP contribution in [0.5, 0.6) is 0 Å². The van der Waals surface area contributed by atoms with Crippen LogP contribution in [0, 0.1) is 0 Å². The van der Waals surface area contributed by atoms with E-state index < -0.39 is 38.2 Å². The number of esters is 1. The molecule has 2 aliphatic heterocycles. The summed E-state index contributed by atoms with van der Waals surface area (Å²) in [6.07, 6.45) is -2.22. The first kappa shape index (κ1) is 21.9. The molecule has 0 saturated carbocycles. The molecular weight excluding hydrogens is 409 g/mol. The number of nitrogens with one attached hydrogen (secondary N) is 1. The molecule has 0 amide bonds. The Morgan fingerprint density at radius 1 is 1.22 bits per heavy atom. The summed E-state index contributed by atoms with van der Waals surface area (Å²) in [5, 5.41) is 3.33. The van der Waals surface area contributed by atoms with Crippen molar-refractivity contribution in [1.82, 2.24) is 9.62 Å². The van der Waals surface area contributed by atoms with Gasteiger partial charge in [-0.1, -0.05) is 6.42 Å². The molecule has 0 aliphatic carbocycles. The van der Waals surface area contributed by atoms with E-state index in [1.165, 1.54) is 4.31 Å². The maximum atomic E-state index is 13.3. The van der Waals surface area contributed by atoms with Crippen LogP contribution in [0.4, 0.5) is 13.2 Å². The summed E-state index contributed by atoms with van der Waals surface area (Å²) < 4.78 is 71.3. The number of rotatable bonds is 3. The Morgan fingerprint density at radius 2 is 1.81 bits per heavy atom. The molecule has 2 atom stereocenters. The van der Waals surface area contributed by atoms with E-state index >= 15 is 0 Å². The second-order valence-corrected chi connectivity index (χ2v) is 8.45. The van der Waals surface area contributed by atoms with E-state index in [2.05, 4.69) is 10.1 Å². The minimum absolute atomic E-state index is 0. The fraction of sp³-hybridized carbons (Fsp3) is 0.562. The normalized spacial score (nSPS) is 23.4. The van der Waals surface area contributed by atoms with Gasteiger partial charge in [0.1, 0.15) is 0 Å². The Kier molecular flexibility index (Phi) is 6.45. The van der Waals surface area contributed by atoms with Crippen molar-refractivity contribution < 1.29 is 31.1 Å². The highest BCUT2D eigenvalue weighted by Gasteiger charge is 2.40. The third-order valence-electron chi connectivity index (χ3n) is 4.76. The van der Waals surface area contributed by atoms with Crippen LogP contribution in [0.25, 0.3) is 0 Å². The van der Waals surface area contributed by atoms with Gasteiger partial charge in [-0.15, -0.1) is 12.4 Å². The zero-order valence-electron chi connectivity index (χ0n) is 14.5. The van der Waals surface area contributed by atoms with Gasteiger partial charge in [0.05, 0.1) is 23.1 Å². The Morgan fingerprint density at radius 3 is 2.33 bits per heavy atom. The number of piperidine rings is 1. The first-order valence-electron chi connectivity index (χ1n) is 8.18. The van der Waals surface area contributed by atoms with E-state index in [1.54, 1.807) is 0 Å². The summed E-state index contributed by atoms with van der Waals surface area (Å²) in [4.78, 5) is 11.1. The number of fused-ring (bicyclic) bond motifs is 2. The lowest BCUT2D eigenvalue weighted by atomic mass is 9.96. The Balaban J connectivity index is 0.00000261. The van der Waals surface area contributed by atoms with E-state index in [4.69, 9.17) is 0 Å². The van der Waals surface area contributed by atoms with Gasteiger partial charge in [0.2, 0.25) is 10.0 Å². The molecule has 6 nitrogen and oxygen atoms in total. The number of sulfonamides is 1. The standard InChI is InChI=1S/C16H19F3N2O4S.ClH/c1-25-15(22)13-6-5-12(7-14(13)16(17,18)19)26(23,24)21-8-10-3-2-4-11(9-21)20-10;/h5-7,10-11,20H,2-4,8-9H2,1H3;1H. The molecule has 1 aromatic carbocycles. The maximum absolute atomic E-state index is 13.3. The third kappa shape index (κ3) is 4.39. The van der Waals surface area contributed by atoms with Crippen LogP contribution in [-0.2, 0) is 20.9 Å². The minimum Gasteiger partial charge on any atom is -0.465 e.